The molecule has 4 nitrogen and oxygen atoms in total. The minimum atomic E-state index is -0.906. The van der Waals surface area contributed by atoms with E-state index in [1.54, 1.807) is 0 Å². The quantitative estimate of drug-likeness (QED) is 0.276. The van der Waals surface area contributed by atoms with Gasteiger partial charge in [0, 0.05) is 4.55 Å². The fourth-order valence-corrected chi connectivity index (χ4v) is 1.19. The van der Waals surface area contributed by atoms with Gasteiger partial charge in [0.1, 0.15) is 6.04 Å². The molecule has 72 valence electrons. The predicted molar refractivity (Wildman–Crippen MR) is 56.4 cm³/mol. The number of hydrogen-bond donors (Lipinski definition) is 3. The first kappa shape index (κ1) is 12.1. The maximum absolute atomic E-state index is 10.3. The zero-order chi connectivity index (χ0) is 9.40. The molecule has 0 aliphatic heterocycles. The van der Waals surface area contributed by atoms with Crippen molar-refractivity contribution in [2.24, 2.45) is 5.73 Å². The number of halogens is 1. The van der Waals surface area contributed by atoms with Crippen LogP contribution in [0.4, 0.5) is 0 Å². The van der Waals surface area contributed by atoms with Crippen molar-refractivity contribution < 1.29 is 9.90 Å². The van der Waals surface area contributed by atoms with Crippen LogP contribution in [0.5, 0.6) is 0 Å². The maximum atomic E-state index is 10.3. The summed E-state index contributed by atoms with van der Waals surface area (Å²) in [7, 11) is 0. The average Bonchev–Trinajstić information content (AvgIpc) is 2.03. The van der Waals surface area contributed by atoms with Gasteiger partial charge in [0.25, 0.3) is 0 Å². The third-order valence-corrected chi connectivity index (χ3v) is 2.07. The summed E-state index contributed by atoms with van der Waals surface area (Å²) in [6, 6.07) is -0.690. The number of carboxylic acid groups (broad SMARTS) is 1. The lowest BCUT2D eigenvalue weighted by Gasteiger charge is -2.05. The maximum Gasteiger partial charge on any atom is 0.320 e. The summed E-state index contributed by atoms with van der Waals surface area (Å²) in [6.45, 7) is 0.940. The Bertz CT molecular complexity index is 133. The smallest absolute Gasteiger partial charge is 0.320 e. The fourth-order valence-electron chi connectivity index (χ4n) is 0.805. The molecule has 0 saturated carbocycles. The molecule has 0 heterocycles. The lowest BCUT2D eigenvalue weighted by molar-refractivity contribution is -0.138. The molecule has 0 aromatic carbocycles. The van der Waals surface area contributed by atoms with Crippen LogP contribution < -0.4 is 11.1 Å². The number of alkyl halides is 1. The van der Waals surface area contributed by atoms with E-state index in [2.05, 4.69) is 27.9 Å². The minimum absolute atomic E-state index is 0.568. The highest BCUT2D eigenvalue weighted by molar-refractivity contribution is 14.1. The largest absolute Gasteiger partial charge is 0.480 e. The monoisotopic (exact) mass is 286 g/mol. The number of unbranched alkanes of at least 4 members (excludes halogenated alkanes) is 1. The van der Waals surface area contributed by atoms with Crippen LogP contribution >= 0.6 is 22.6 Å². The van der Waals surface area contributed by atoms with Crippen LogP contribution in [0.25, 0.3) is 0 Å². The molecule has 12 heavy (non-hydrogen) atoms. The average molecular weight is 286 g/mol. The van der Waals surface area contributed by atoms with Gasteiger partial charge in [0.15, 0.2) is 0 Å². The molecule has 0 aliphatic rings. The van der Waals surface area contributed by atoms with Crippen molar-refractivity contribution in [1.82, 2.24) is 5.32 Å². The van der Waals surface area contributed by atoms with Gasteiger partial charge < -0.3 is 16.2 Å². The van der Waals surface area contributed by atoms with Gasteiger partial charge in [-0.1, -0.05) is 29.0 Å². The van der Waals surface area contributed by atoms with E-state index in [1.165, 1.54) is 0 Å². The molecule has 0 saturated heterocycles. The number of aliphatic carboxylic acids is 1. The SMILES string of the molecule is N[C@@H](CCCCNCI)C(=O)O. The first-order valence-electron chi connectivity index (χ1n) is 3.93. The van der Waals surface area contributed by atoms with Crippen LogP contribution in [-0.2, 0) is 4.79 Å². The lowest BCUT2D eigenvalue weighted by atomic mass is 10.1. The Morgan fingerprint density at radius 3 is 2.75 bits per heavy atom. The Labute approximate surface area is 86.0 Å². The minimum Gasteiger partial charge on any atom is -0.480 e. The van der Waals surface area contributed by atoms with Crippen LogP contribution in [0, 0.1) is 0 Å². The molecular weight excluding hydrogens is 271 g/mol. The van der Waals surface area contributed by atoms with E-state index in [0.717, 1.165) is 23.9 Å². The van der Waals surface area contributed by atoms with Crippen LogP contribution in [-0.4, -0.2) is 28.2 Å². The molecule has 0 aromatic heterocycles. The molecule has 0 rings (SSSR count). The third kappa shape index (κ3) is 6.81. The van der Waals surface area contributed by atoms with E-state index in [0.29, 0.717) is 6.42 Å². The summed E-state index contributed by atoms with van der Waals surface area (Å²) in [5, 5.41) is 11.6. The Morgan fingerprint density at radius 1 is 1.58 bits per heavy atom. The van der Waals surface area contributed by atoms with Crippen molar-refractivity contribution in [2.75, 3.05) is 11.1 Å². The molecule has 0 aromatic rings. The molecule has 0 radical (unpaired) electrons. The Morgan fingerprint density at radius 2 is 2.25 bits per heavy atom. The molecule has 0 unspecified atom stereocenters. The normalized spacial score (nSPS) is 12.8. The Kier molecular flexibility index (Phi) is 7.83. The van der Waals surface area contributed by atoms with Gasteiger partial charge in [0.2, 0.25) is 0 Å². The second kappa shape index (κ2) is 7.75. The fraction of sp³-hybridized carbons (Fsp3) is 0.857. The van der Waals surface area contributed by atoms with Crippen molar-refractivity contribution in [2.45, 2.75) is 25.3 Å². The van der Waals surface area contributed by atoms with Crippen molar-refractivity contribution >= 4 is 28.6 Å². The third-order valence-electron chi connectivity index (χ3n) is 1.53. The first-order valence-corrected chi connectivity index (χ1v) is 5.46. The van der Waals surface area contributed by atoms with Crippen LogP contribution in [0.3, 0.4) is 0 Å². The second-order valence-corrected chi connectivity index (χ2v) is 3.34. The number of rotatable bonds is 7. The van der Waals surface area contributed by atoms with Gasteiger partial charge in [-0.15, -0.1) is 0 Å². The summed E-state index contributed by atoms with van der Waals surface area (Å²) in [5.74, 6) is -0.906. The number of carbonyl (C=O) groups is 1. The predicted octanol–water partition coefficient (Wildman–Crippen LogP) is 0.551. The highest BCUT2D eigenvalue weighted by Gasteiger charge is 2.09. The summed E-state index contributed by atoms with van der Waals surface area (Å²) >= 11 is 2.23. The Balaban J connectivity index is 3.14. The summed E-state index contributed by atoms with van der Waals surface area (Å²) in [6.07, 6.45) is 2.43. The number of nitrogens with two attached hydrogens (primary N) is 1. The zero-order valence-corrected chi connectivity index (χ0v) is 9.08. The van der Waals surface area contributed by atoms with E-state index < -0.39 is 12.0 Å². The topological polar surface area (TPSA) is 75.3 Å². The molecule has 0 spiro atoms. The summed E-state index contributed by atoms with van der Waals surface area (Å²) in [5.41, 5.74) is 5.31. The van der Waals surface area contributed by atoms with E-state index in [9.17, 15) is 4.79 Å². The van der Waals surface area contributed by atoms with Crippen LogP contribution in [0.1, 0.15) is 19.3 Å². The van der Waals surface area contributed by atoms with E-state index in [-0.39, 0.29) is 0 Å². The van der Waals surface area contributed by atoms with Crippen molar-refractivity contribution in [3.05, 3.63) is 0 Å². The molecular formula is C7H15IN2O2. The van der Waals surface area contributed by atoms with Gasteiger partial charge in [-0.2, -0.15) is 0 Å². The molecule has 0 amide bonds. The van der Waals surface area contributed by atoms with Crippen molar-refractivity contribution in [1.29, 1.82) is 0 Å². The number of carboxylic acids is 1. The highest BCUT2D eigenvalue weighted by Crippen LogP contribution is 1.98. The second-order valence-electron chi connectivity index (χ2n) is 2.57. The molecule has 0 fully saturated rings. The van der Waals surface area contributed by atoms with Crippen molar-refractivity contribution in [3.8, 4) is 0 Å². The highest BCUT2D eigenvalue weighted by atomic mass is 127. The van der Waals surface area contributed by atoms with Crippen LogP contribution in [0.15, 0.2) is 0 Å². The van der Waals surface area contributed by atoms with E-state index in [4.69, 9.17) is 10.8 Å². The standard InChI is InChI=1S/C7H15IN2O2/c8-5-10-4-2-1-3-6(9)7(11)12/h6,10H,1-5,9H2,(H,11,12)/t6-/m0/s1. The zero-order valence-electron chi connectivity index (χ0n) is 6.92. The van der Waals surface area contributed by atoms with Gasteiger partial charge in [0.05, 0.1) is 0 Å². The van der Waals surface area contributed by atoms with E-state index >= 15 is 0 Å². The molecule has 5 heteroatoms. The molecule has 1 atom stereocenters. The molecule has 0 aliphatic carbocycles. The summed E-state index contributed by atoms with van der Waals surface area (Å²) in [4.78, 5) is 10.3. The number of nitrogens with one attached hydrogen (secondary N) is 1. The molecule has 4 N–H and O–H groups in total. The molecule has 0 bridgehead atoms. The van der Waals surface area contributed by atoms with E-state index in [1.807, 2.05) is 0 Å². The van der Waals surface area contributed by atoms with Gasteiger partial charge in [-0.3, -0.25) is 4.79 Å². The van der Waals surface area contributed by atoms with Gasteiger partial charge in [-0.25, -0.2) is 0 Å². The van der Waals surface area contributed by atoms with Crippen LogP contribution in [0.2, 0.25) is 0 Å². The lowest BCUT2D eigenvalue weighted by Crippen LogP contribution is -2.30. The number of hydrogen-bond acceptors (Lipinski definition) is 3. The van der Waals surface area contributed by atoms with Crippen molar-refractivity contribution in [3.63, 3.8) is 0 Å². The summed E-state index contributed by atoms with van der Waals surface area (Å²) < 4.78 is 0.933. The van der Waals surface area contributed by atoms with Gasteiger partial charge in [-0.05, 0) is 19.4 Å². The Hall–Kier alpha value is 0.120. The first-order chi connectivity index (χ1) is 5.68. The van der Waals surface area contributed by atoms with Gasteiger partial charge >= 0.3 is 5.97 Å².